The molecule has 1 saturated heterocycles. The molecule has 3 heteroatoms. The highest BCUT2D eigenvalue weighted by Crippen LogP contribution is 2.27. The summed E-state index contributed by atoms with van der Waals surface area (Å²) in [6.45, 7) is 7.13. The van der Waals surface area contributed by atoms with E-state index in [0.717, 1.165) is 38.0 Å². The lowest BCUT2D eigenvalue weighted by molar-refractivity contribution is -0.122. The van der Waals surface area contributed by atoms with E-state index in [4.69, 9.17) is 0 Å². The molecule has 0 bridgehead atoms. The van der Waals surface area contributed by atoms with Gasteiger partial charge in [0.15, 0.2) is 0 Å². The summed E-state index contributed by atoms with van der Waals surface area (Å²) in [7, 11) is 0. The summed E-state index contributed by atoms with van der Waals surface area (Å²) >= 11 is 0. The second-order valence-electron chi connectivity index (χ2n) is 7.11. The van der Waals surface area contributed by atoms with Crippen LogP contribution in [0.25, 0.3) is 10.8 Å². The van der Waals surface area contributed by atoms with Crippen LogP contribution < -0.4 is 10.6 Å². The van der Waals surface area contributed by atoms with Gasteiger partial charge in [0, 0.05) is 6.54 Å². The fraction of sp³-hybridized carbons (Fsp3) is 0.450. The van der Waals surface area contributed by atoms with E-state index in [-0.39, 0.29) is 17.2 Å². The maximum atomic E-state index is 12.5. The van der Waals surface area contributed by atoms with E-state index in [1.54, 1.807) is 0 Å². The third kappa shape index (κ3) is 3.73. The van der Waals surface area contributed by atoms with Crippen molar-refractivity contribution >= 4 is 16.7 Å². The fourth-order valence-electron chi connectivity index (χ4n) is 3.29. The Labute approximate surface area is 138 Å². The molecule has 2 aromatic carbocycles. The predicted molar refractivity (Wildman–Crippen MR) is 95.6 cm³/mol. The van der Waals surface area contributed by atoms with Crippen LogP contribution in [0, 0.1) is 5.41 Å². The van der Waals surface area contributed by atoms with Crippen molar-refractivity contribution in [2.75, 3.05) is 19.6 Å². The molecule has 1 amide bonds. The van der Waals surface area contributed by atoms with E-state index in [9.17, 15) is 4.79 Å². The van der Waals surface area contributed by atoms with Gasteiger partial charge in [0.25, 0.3) is 0 Å². The number of benzene rings is 2. The lowest BCUT2D eigenvalue weighted by atomic mass is 9.81. The summed E-state index contributed by atoms with van der Waals surface area (Å²) in [5.41, 5.74) is 1.31. The molecule has 0 radical (unpaired) electrons. The van der Waals surface area contributed by atoms with Gasteiger partial charge in [0.1, 0.15) is 0 Å². The molecule has 0 spiro atoms. The molecule has 1 unspecified atom stereocenters. The summed E-state index contributed by atoms with van der Waals surface area (Å²) in [5.74, 6) is 0.00459. The molecule has 23 heavy (non-hydrogen) atoms. The van der Waals surface area contributed by atoms with E-state index in [0.29, 0.717) is 0 Å². The highest BCUT2D eigenvalue weighted by atomic mass is 16.1. The molecular weight excluding hydrogens is 284 g/mol. The van der Waals surface area contributed by atoms with Crippen LogP contribution in [0.2, 0.25) is 0 Å². The lowest BCUT2D eigenvalue weighted by Crippen LogP contribution is -2.43. The first-order chi connectivity index (χ1) is 11.1. The average molecular weight is 310 g/mol. The number of fused-ring (bicyclic) bond motifs is 1. The maximum absolute atomic E-state index is 12.5. The quantitative estimate of drug-likeness (QED) is 0.908. The number of amides is 1. The highest BCUT2D eigenvalue weighted by molar-refractivity contribution is 5.87. The summed E-state index contributed by atoms with van der Waals surface area (Å²) in [6.07, 6.45) is 2.25. The van der Waals surface area contributed by atoms with Crippen LogP contribution >= 0.6 is 0 Å². The van der Waals surface area contributed by atoms with Crippen LogP contribution in [0.15, 0.2) is 42.5 Å². The molecule has 2 N–H and O–H groups in total. The van der Waals surface area contributed by atoms with Crippen LogP contribution in [0.4, 0.5) is 0 Å². The first-order valence-corrected chi connectivity index (χ1v) is 8.55. The van der Waals surface area contributed by atoms with Gasteiger partial charge in [-0.15, -0.1) is 0 Å². The van der Waals surface area contributed by atoms with Crippen molar-refractivity contribution < 1.29 is 4.79 Å². The number of carbonyl (C=O) groups excluding carboxylic acids is 1. The Morgan fingerprint density at radius 1 is 1.17 bits per heavy atom. The fourth-order valence-corrected chi connectivity index (χ4v) is 3.29. The molecular formula is C20H26N2O. The molecule has 3 nitrogen and oxygen atoms in total. The Kier molecular flexibility index (Phi) is 4.67. The second kappa shape index (κ2) is 6.71. The zero-order chi connectivity index (χ0) is 16.3. The van der Waals surface area contributed by atoms with Gasteiger partial charge in [-0.3, -0.25) is 4.79 Å². The van der Waals surface area contributed by atoms with Crippen LogP contribution in [-0.2, 0) is 4.79 Å². The highest BCUT2D eigenvalue weighted by Gasteiger charge is 2.28. The maximum Gasteiger partial charge on any atom is 0.227 e. The number of piperidine rings is 1. The minimum atomic E-state index is -0.120. The molecule has 1 fully saturated rings. The Hall–Kier alpha value is -1.87. The topological polar surface area (TPSA) is 41.1 Å². The summed E-state index contributed by atoms with van der Waals surface area (Å²) in [5, 5.41) is 8.96. The van der Waals surface area contributed by atoms with Gasteiger partial charge in [-0.1, -0.05) is 49.4 Å². The van der Waals surface area contributed by atoms with E-state index >= 15 is 0 Å². The largest absolute Gasteiger partial charge is 0.355 e. The summed E-state index contributed by atoms with van der Waals surface area (Å²) < 4.78 is 0. The first-order valence-electron chi connectivity index (χ1n) is 8.55. The van der Waals surface area contributed by atoms with E-state index in [1.807, 2.05) is 19.1 Å². The molecule has 122 valence electrons. The average Bonchev–Trinajstić information content (AvgIpc) is 2.59. The predicted octanol–water partition coefficient (Wildman–Crippen LogP) is 3.45. The van der Waals surface area contributed by atoms with Crippen molar-refractivity contribution in [3.8, 4) is 0 Å². The van der Waals surface area contributed by atoms with Crippen molar-refractivity contribution in [1.29, 1.82) is 0 Å². The minimum Gasteiger partial charge on any atom is -0.355 e. The lowest BCUT2D eigenvalue weighted by Gasteiger charge is -2.34. The molecule has 1 aliphatic heterocycles. The van der Waals surface area contributed by atoms with Gasteiger partial charge in [-0.25, -0.2) is 0 Å². The van der Waals surface area contributed by atoms with Crippen LogP contribution in [-0.4, -0.2) is 25.5 Å². The molecule has 1 atom stereocenters. The molecule has 1 heterocycles. The summed E-state index contributed by atoms with van der Waals surface area (Å²) in [6, 6.07) is 14.6. The molecule has 0 aromatic heterocycles. The standard InChI is InChI=1S/C20H26N2O/c1-15(17-8-7-16-5-3-4-6-18(16)13-17)19(23)22-14-20(2)9-11-21-12-10-20/h3-8,13,15,21H,9-12,14H2,1-2H3,(H,22,23). The van der Waals surface area contributed by atoms with Crippen molar-refractivity contribution in [3.63, 3.8) is 0 Å². The zero-order valence-corrected chi connectivity index (χ0v) is 14.1. The third-order valence-electron chi connectivity index (χ3n) is 5.17. The zero-order valence-electron chi connectivity index (χ0n) is 14.1. The second-order valence-corrected chi connectivity index (χ2v) is 7.11. The summed E-state index contributed by atoms with van der Waals surface area (Å²) in [4.78, 5) is 12.5. The van der Waals surface area contributed by atoms with Gasteiger partial charge in [-0.05, 0) is 54.6 Å². The van der Waals surface area contributed by atoms with Gasteiger partial charge < -0.3 is 10.6 Å². The van der Waals surface area contributed by atoms with Crippen molar-refractivity contribution in [2.45, 2.75) is 32.6 Å². The Bertz CT molecular complexity index is 689. The van der Waals surface area contributed by atoms with Gasteiger partial charge in [0.2, 0.25) is 5.91 Å². The Morgan fingerprint density at radius 3 is 2.61 bits per heavy atom. The first kappa shape index (κ1) is 16.0. The van der Waals surface area contributed by atoms with Gasteiger partial charge in [0.05, 0.1) is 5.92 Å². The normalized spacial score (nSPS) is 18.5. The Morgan fingerprint density at radius 2 is 1.87 bits per heavy atom. The van der Waals surface area contributed by atoms with Crippen LogP contribution in [0.1, 0.15) is 38.2 Å². The molecule has 0 aliphatic carbocycles. The molecule has 1 aliphatic rings. The smallest absolute Gasteiger partial charge is 0.227 e. The van der Waals surface area contributed by atoms with Crippen molar-refractivity contribution in [1.82, 2.24) is 10.6 Å². The van der Waals surface area contributed by atoms with Crippen molar-refractivity contribution in [2.24, 2.45) is 5.41 Å². The third-order valence-corrected chi connectivity index (χ3v) is 5.17. The van der Waals surface area contributed by atoms with Gasteiger partial charge in [-0.2, -0.15) is 0 Å². The molecule has 0 saturated carbocycles. The SMILES string of the molecule is CC(C(=O)NCC1(C)CCNCC1)c1ccc2ccccc2c1. The number of carbonyl (C=O) groups is 1. The number of hydrogen-bond acceptors (Lipinski definition) is 2. The monoisotopic (exact) mass is 310 g/mol. The molecule has 3 rings (SSSR count). The number of nitrogens with one attached hydrogen (secondary N) is 2. The number of hydrogen-bond donors (Lipinski definition) is 2. The minimum absolute atomic E-state index is 0.120. The number of rotatable bonds is 4. The van der Waals surface area contributed by atoms with E-state index < -0.39 is 0 Å². The van der Waals surface area contributed by atoms with Gasteiger partial charge >= 0.3 is 0 Å². The van der Waals surface area contributed by atoms with Crippen molar-refractivity contribution in [3.05, 3.63) is 48.0 Å². The van der Waals surface area contributed by atoms with Crippen LogP contribution in [0.5, 0.6) is 0 Å². The van der Waals surface area contributed by atoms with E-state index in [1.165, 1.54) is 10.8 Å². The molecule has 2 aromatic rings. The Balaban J connectivity index is 1.66. The van der Waals surface area contributed by atoms with Crippen LogP contribution in [0.3, 0.4) is 0 Å². The van der Waals surface area contributed by atoms with E-state index in [2.05, 4.69) is 47.9 Å².